The van der Waals surface area contributed by atoms with Crippen LogP contribution >= 0.6 is 11.6 Å². The van der Waals surface area contributed by atoms with Crippen molar-refractivity contribution in [3.63, 3.8) is 0 Å². The van der Waals surface area contributed by atoms with Crippen molar-refractivity contribution in [1.29, 1.82) is 0 Å². The molecule has 0 aliphatic rings. The zero-order chi connectivity index (χ0) is 15.8. The molecule has 0 heterocycles. The minimum absolute atomic E-state index is 0.0134. The Labute approximate surface area is 121 Å². The van der Waals surface area contributed by atoms with E-state index in [1.54, 1.807) is 0 Å². The molecule has 2 nitrogen and oxygen atoms in total. The second-order valence-corrected chi connectivity index (χ2v) is 4.62. The van der Waals surface area contributed by atoms with E-state index < -0.39 is 23.5 Å². The number of alkyl halides is 3. The molecule has 0 atom stereocenters. The number of carboxylic acid groups (broad SMARTS) is 1. The Morgan fingerprint density at radius 2 is 1.76 bits per heavy atom. The van der Waals surface area contributed by atoms with Gasteiger partial charge in [0.2, 0.25) is 0 Å². The second kappa shape index (κ2) is 5.37. The van der Waals surface area contributed by atoms with Crippen molar-refractivity contribution in [2.45, 2.75) is 6.18 Å². The Morgan fingerprint density at radius 3 is 2.33 bits per heavy atom. The summed E-state index contributed by atoms with van der Waals surface area (Å²) in [6.45, 7) is 0. The smallest absolute Gasteiger partial charge is 0.419 e. The quantitative estimate of drug-likeness (QED) is 0.803. The molecule has 0 saturated carbocycles. The minimum Gasteiger partial charge on any atom is -0.478 e. The number of benzene rings is 2. The highest BCUT2D eigenvalue weighted by Gasteiger charge is 2.34. The SMILES string of the molecule is O=C(O)c1ccc(Cl)cc1-c1ccc(F)c(C(F)(F)F)c1. The van der Waals surface area contributed by atoms with E-state index >= 15 is 0 Å². The van der Waals surface area contributed by atoms with E-state index in [2.05, 4.69) is 0 Å². The molecule has 0 unspecified atom stereocenters. The lowest BCUT2D eigenvalue weighted by Gasteiger charge is -2.12. The average molecular weight is 319 g/mol. The van der Waals surface area contributed by atoms with Crippen molar-refractivity contribution in [1.82, 2.24) is 0 Å². The van der Waals surface area contributed by atoms with E-state index in [4.69, 9.17) is 16.7 Å². The normalized spacial score (nSPS) is 11.5. The van der Waals surface area contributed by atoms with E-state index in [-0.39, 0.29) is 21.7 Å². The van der Waals surface area contributed by atoms with Gasteiger partial charge in [0, 0.05) is 5.02 Å². The summed E-state index contributed by atoms with van der Waals surface area (Å²) in [5.41, 5.74) is -1.78. The molecule has 21 heavy (non-hydrogen) atoms. The molecule has 7 heteroatoms. The van der Waals surface area contributed by atoms with E-state index in [1.165, 1.54) is 18.2 Å². The van der Waals surface area contributed by atoms with Gasteiger partial charge in [0.05, 0.1) is 11.1 Å². The summed E-state index contributed by atoms with van der Waals surface area (Å²) in [5, 5.41) is 9.22. The molecular weight excluding hydrogens is 312 g/mol. The summed E-state index contributed by atoms with van der Waals surface area (Å²) in [5.74, 6) is -2.75. The second-order valence-electron chi connectivity index (χ2n) is 4.19. The molecule has 1 N–H and O–H groups in total. The fraction of sp³-hybridized carbons (Fsp3) is 0.0714. The first-order valence-corrected chi connectivity index (χ1v) is 5.98. The Kier molecular flexibility index (Phi) is 3.91. The number of hydrogen-bond donors (Lipinski definition) is 1. The zero-order valence-electron chi connectivity index (χ0n) is 10.2. The van der Waals surface area contributed by atoms with E-state index in [1.807, 2.05) is 0 Å². The number of halogens is 5. The van der Waals surface area contributed by atoms with Crippen LogP contribution in [0.1, 0.15) is 15.9 Å². The van der Waals surface area contributed by atoms with Gasteiger partial charge in [-0.25, -0.2) is 9.18 Å². The van der Waals surface area contributed by atoms with Crippen LogP contribution in [0, 0.1) is 5.82 Å². The molecule has 0 fully saturated rings. The van der Waals surface area contributed by atoms with Crippen LogP contribution in [0.5, 0.6) is 0 Å². The summed E-state index contributed by atoms with van der Waals surface area (Å²) >= 11 is 5.74. The fourth-order valence-corrected chi connectivity index (χ4v) is 2.02. The van der Waals surface area contributed by atoms with Crippen molar-refractivity contribution in [2.75, 3.05) is 0 Å². The van der Waals surface area contributed by atoms with Gasteiger partial charge in [-0.05, 0) is 41.5 Å². The monoisotopic (exact) mass is 318 g/mol. The predicted octanol–water partition coefficient (Wildman–Crippen LogP) is 4.86. The van der Waals surface area contributed by atoms with Gasteiger partial charge < -0.3 is 5.11 Å². The van der Waals surface area contributed by atoms with Crippen molar-refractivity contribution in [3.8, 4) is 11.1 Å². The highest BCUT2D eigenvalue weighted by atomic mass is 35.5. The van der Waals surface area contributed by atoms with Gasteiger partial charge in [-0.3, -0.25) is 0 Å². The number of carboxylic acids is 1. The zero-order valence-corrected chi connectivity index (χ0v) is 11.0. The topological polar surface area (TPSA) is 37.3 Å². The van der Waals surface area contributed by atoms with Crippen molar-refractivity contribution in [2.24, 2.45) is 0 Å². The fourth-order valence-electron chi connectivity index (χ4n) is 1.85. The van der Waals surface area contributed by atoms with Gasteiger partial charge in [-0.1, -0.05) is 17.7 Å². The molecule has 0 spiro atoms. The number of hydrogen-bond acceptors (Lipinski definition) is 1. The molecular formula is C14H7ClF4O2. The molecule has 0 bridgehead atoms. The standard InChI is InChI=1S/C14H7ClF4O2/c15-8-2-3-9(13(20)21)10(6-8)7-1-4-12(16)11(5-7)14(17,18)19/h1-6H,(H,20,21). The summed E-state index contributed by atoms with van der Waals surface area (Å²) in [6, 6.07) is 5.98. The first-order valence-electron chi connectivity index (χ1n) is 5.60. The summed E-state index contributed by atoms with van der Waals surface area (Å²) in [7, 11) is 0. The highest BCUT2D eigenvalue weighted by molar-refractivity contribution is 6.31. The molecule has 110 valence electrons. The average Bonchev–Trinajstić information content (AvgIpc) is 2.37. The van der Waals surface area contributed by atoms with Crippen LogP contribution < -0.4 is 0 Å². The lowest BCUT2D eigenvalue weighted by atomic mass is 9.97. The van der Waals surface area contributed by atoms with Gasteiger partial charge in [0.1, 0.15) is 5.82 Å². The third-order valence-corrected chi connectivity index (χ3v) is 3.03. The van der Waals surface area contributed by atoms with Crippen molar-refractivity contribution in [3.05, 3.63) is 58.4 Å². The number of rotatable bonds is 2. The molecule has 0 amide bonds. The van der Waals surface area contributed by atoms with E-state index in [9.17, 15) is 22.4 Å². The number of aromatic carboxylic acids is 1. The van der Waals surface area contributed by atoms with Crippen LogP contribution in [0.25, 0.3) is 11.1 Å². The molecule has 0 aliphatic heterocycles. The first kappa shape index (κ1) is 15.3. The molecule has 0 radical (unpaired) electrons. The lowest BCUT2D eigenvalue weighted by Crippen LogP contribution is -2.08. The van der Waals surface area contributed by atoms with Gasteiger partial charge in [0.25, 0.3) is 0 Å². The Bertz CT molecular complexity index is 711. The highest BCUT2D eigenvalue weighted by Crippen LogP contribution is 2.35. The van der Waals surface area contributed by atoms with Crippen molar-refractivity contribution >= 4 is 17.6 Å². The van der Waals surface area contributed by atoms with Crippen LogP contribution in [0.3, 0.4) is 0 Å². The van der Waals surface area contributed by atoms with Gasteiger partial charge >= 0.3 is 12.1 Å². The molecule has 2 rings (SSSR count). The largest absolute Gasteiger partial charge is 0.478 e. The van der Waals surface area contributed by atoms with Crippen LogP contribution in [0.4, 0.5) is 17.6 Å². The van der Waals surface area contributed by atoms with Crippen LogP contribution in [0.2, 0.25) is 5.02 Å². The third kappa shape index (κ3) is 3.16. The number of carbonyl (C=O) groups is 1. The summed E-state index contributed by atoms with van der Waals surface area (Å²) in [4.78, 5) is 11.1. The van der Waals surface area contributed by atoms with Crippen LogP contribution in [-0.4, -0.2) is 11.1 Å². The lowest BCUT2D eigenvalue weighted by molar-refractivity contribution is -0.139. The predicted molar refractivity (Wildman–Crippen MR) is 68.8 cm³/mol. The Balaban J connectivity index is 2.68. The maximum atomic E-state index is 13.3. The van der Waals surface area contributed by atoms with Crippen molar-refractivity contribution < 1.29 is 27.5 Å². The van der Waals surface area contributed by atoms with Gasteiger partial charge in [0.15, 0.2) is 0 Å². The maximum absolute atomic E-state index is 13.3. The molecule has 0 aliphatic carbocycles. The molecule has 0 aromatic heterocycles. The molecule has 2 aromatic rings. The third-order valence-electron chi connectivity index (χ3n) is 2.79. The van der Waals surface area contributed by atoms with Crippen LogP contribution in [0.15, 0.2) is 36.4 Å². The minimum atomic E-state index is -4.87. The molecule has 0 saturated heterocycles. The van der Waals surface area contributed by atoms with Crippen LogP contribution in [-0.2, 0) is 6.18 Å². The first-order chi connectivity index (χ1) is 9.70. The summed E-state index contributed by atoms with van der Waals surface area (Å²) < 4.78 is 51.4. The Morgan fingerprint density at radius 1 is 1.10 bits per heavy atom. The van der Waals surface area contributed by atoms with E-state index in [0.717, 1.165) is 6.07 Å². The maximum Gasteiger partial charge on any atom is 0.419 e. The Hall–Kier alpha value is -2.08. The summed E-state index contributed by atoms with van der Waals surface area (Å²) in [6.07, 6.45) is -4.87. The van der Waals surface area contributed by atoms with Gasteiger partial charge in [-0.15, -0.1) is 0 Å². The van der Waals surface area contributed by atoms with Gasteiger partial charge in [-0.2, -0.15) is 13.2 Å². The van der Waals surface area contributed by atoms with E-state index in [0.29, 0.717) is 12.1 Å². The molecule has 2 aromatic carbocycles.